The highest BCUT2D eigenvalue weighted by Gasteiger charge is 2.33. The molecule has 0 saturated heterocycles. The summed E-state index contributed by atoms with van der Waals surface area (Å²) in [4.78, 5) is 11.9. The Hall–Kier alpha value is -0.480. The van der Waals surface area contributed by atoms with E-state index >= 15 is 0 Å². The van der Waals surface area contributed by atoms with Crippen LogP contribution in [0.5, 0.6) is 0 Å². The fraction of sp³-hybridized carbons (Fsp3) is 0.533. The smallest absolute Gasteiger partial charge is 0.223 e. The fourth-order valence-corrected chi connectivity index (χ4v) is 2.23. The van der Waals surface area contributed by atoms with Gasteiger partial charge in [0.2, 0.25) is 9.70 Å². The maximum atomic E-state index is 11.9. The lowest BCUT2D eigenvalue weighted by Crippen LogP contribution is -2.53. The third-order valence-corrected chi connectivity index (χ3v) is 3.65. The Morgan fingerprint density at radius 2 is 1.86 bits per heavy atom. The van der Waals surface area contributed by atoms with Crippen molar-refractivity contribution in [3.05, 3.63) is 35.9 Å². The van der Waals surface area contributed by atoms with Gasteiger partial charge in [0.1, 0.15) is 6.17 Å². The molecule has 0 spiro atoms. The summed E-state index contributed by atoms with van der Waals surface area (Å²) in [6.45, 7) is 2.60. The number of hydrogen-bond acceptors (Lipinski definition) is 2. The van der Waals surface area contributed by atoms with E-state index < -0.39 is 9.96 Å². The summed E-state index contributed by atoms with van der Waals surface area (Å²) in [7, 11) is 0. The van der Waals surface area contributed by atoms with Crippen LogP contribution in [0.25, 0.3) is 0 Å². The number of rotatable bonds is 8. The average molecular weight is 352 g/mol. The van der Waals surface area contributed by atoms with Crippen molar-refractivity contribution in [1.29, 1.82) is 0 Å². The van der Waals surface area contributed by atoms with Crippen LogP contribution in [0.3, 0.4) is 0 Å². The van der Waals surface area contributed by atoms with E-state index in [1.54, 1.807) is 0 Å². The highest BCUT2D eigenvalue weighted by molar-refractivity contribution is 6.68. The minimum Gasteiger partial charge on any atom is -0.337 e. The first-order valence-corrected chi connectivity index (χ1v) is 8.20. The second kappa shape index (κ2) is 9.52. The predicted octanol–water partition coefficient (Wildman–Crippen LogP) is 4.17. The molecule has 21 heavy (non-hydrogen) atoms. The molecule has 1 amide bonds. The second-order valence-electron chi connectivity index (χ2n) is 4.87. The van der Waals surface area contributed by atoms with Gasteiger partial charge in [-0.05, 0) is 12.0 Å². The molecule has 0 aliphatic carbocycles. The SMILES string of the molecule is CCCCCC(=O)N[C@@H](NCc1ccccc1)C(Cl)(Cl)Cl. The molecular weight excluding hydrogens is 331 g/mol. The van der Waals surface area contributed by atoms with Crippen LogP contribution in [0.2, 0.25) is 0 Å². The molecule has 0 radical (unpaired) electrons. The van der Waals surface area contributed by atoms with Crippen LogP contribution >= 0.6 is 34.8 Å². The molecule has 118 valence electrons. The van der Waals surface area contributed by atoms with Crippen molar-refractivity contribution in [1.82, 2.24) is 10.6 Å². The molecule has 1 aromatic rings. The maximum Gasteiger partial charge on any atom is 0.223 e. The molecule has 2 N–H and O–H groups in total. The van der Waals surface area contributed by atoms with Crippen LogP contribution < -0.4 is 10.6 Å². The van der Waals surface area contributed by atoms with Gasteiger partial charge in [0.15, 0.2) is 0 Å². The van der Waals surface area contributed by atoms with Crippen LogP contribution in [0.1, 0.15) is 38.2 Å². The number of alkyl halides is 3. The summed E-state index contributed by atoms with van der Waals surface area (Å²) in [6, 6.07) is 9.73. The molecule has 0 saturated carbocycles. The van der Waals surface area contributed by atoms with Gasteiger partial charge in [-0.3, -0.25) is 10.1 Å². The van der Waals surface area contributed by atoms with E-state index in [0.717, 1.165) is 24.8 Å². The van der Waals surface area contributed by atoms with Gasteiger partial charge in [-0.15, -0.1) is 0 Å². The molecule has 0 heterocycles. The molecule has 0 aromatic heterocycles. The van der Waals surface area contributed by atoms with Crippen molar-refractivity contribution in [2.75, 3.05) is 0 Å². The molecular formula is C15H21Cl3N2O. The minimum absolute atomic E-state index is 0.111. The van der Waals surface area contributed by atoms with Crippen molar-refractivity contribution in [2.45, 2.75) is 49.1 Å². The summed E-state index contributed by atoms with van der Waals surface area (Å²) < 4.78 is -1.60. The number of halogens is 3. The van der Waals surface area contributed by atoms with Gasteiger partial charge in [-0.25, -0.2) is 0 Å². The Bertz CT molecular complexity index is 421. The van der Waals surface area contributed by atoms with Gasteiger partial charge in [0, 0.05) is 13.0 Å². The van der Waals surface area contributed by atoms with Gasteiger partial charge < -0.3 is 5.32 Å². The summed E-state index contributed by atoms with van der Waals surface area (Å²) in [6.07, 6.45) is 2.64. The van der Waals surface area contributed by atoms with E-state index in [0.29, 0.717) is 13.0 Å². The number of hydrogen-bond donors (Lipinski definition) is 2. The van der Waals surface area contributed by atoms with Crippen LogP contribution in [-0.4, -0.2) is 15.9 Å². The van der Waals surface area contributed by atoms with Crippen molar-refractivity contribution < 1.29 is 4.79 Å². The Morgan fingerprint density at radius 3 is 2.43 bits per heavy atom. The molecule has 0 aliphatic heterocycles. The van der Waals surface area contributed by atoms with Crippen molar-refractivity contribution in [3.63, 3.8) is 0 Å². The largest absolute Gasteiger partial charge is 0.337 e. The van der Waals surface area contributed by atoms with Crippen molar-refractivity contribution in [3.8, 4) is 0 Å². The molecule has 1 atom stereocenters. The molecule has 1 rings (SSSR count). The molecule has 0 aliphatic rings. The maximum absolute atomic E-state index is 11.9. The summed E-state index contributed by atoms with van der Waals surface area (Å²) in [5.41, 5.74) is 1.05. The van der Waals surface area contributed by atoms with E-state index in [2.05, 4.69) is 17.6 Å². The lowest BCUT2D eigenvalue weighted by Gasteiger charge is -2.26. The van der Waals surface area contributed by atoms with Crippen molar-refractivity contribution in [2.24, 2.45) is 0 Å². The number of unbranched alkanes of at least 4 members (excludes halogenated alkanes) is 2. The molecule has 0 unspecified atom stereocenters. The third-order valence-electron chi connectivity index (χ3n) is 2.99. The number of carbonyl (C=O) groups is 1. The first kappa shape index (κ1) is 18.6. The molecule has 0 bridgehead atoms. The zero-order valence-electron chi connectivity index (χ0n) is 12.0. The van der Waals surface area contributed by atoms with E-state index in [-0.39, 0.29) is 5.91 Å². The first-order chi connectivity index (χ1) is 9.93. The normalized spacial score (nSPS) is 13.0. The number of carbonyl (C=O) groups excluding carboxylic acids is 1. The Morgan fingerprint density at radius 1 is 1.19 bits per heavy atom. The van der Waals surface area contributed by atoms with E-state index in [1.807, 2.05) is 30.3 Å². The molecule has 0 fully saturated rings. The number of nitrogens with one attached hydrogen (secondary N) is 2. The van der Waals surface area contributed by atoms with Crippen molar-refractivity contribution >= 4 is 40.7 Å². The Balaban J connectivity index is 2.50. The zero-order chi connectivity index (χ0) is 15.7. The summed E-state index contributed by atoms with van der Waals surface area (Å²) in [5, 5.41) is 5.81. The summed E-state index contributed by atoms with van der Waals surface area (Å²) in [5.74, 6) is -0.111. The highest BCUT2D eigenvalue weighted by Crippen LogP contribution is 2.29. The number of benzene rings is 1. The topological polar surface area (TPSA) is 41.1 Å². The van der Waals surface area contributed by atoms with Gasteiger partial charge >= 0.3 is 0 Å². The predicted molar refractivity (Wildman–Crippen MR) is 89.6 cm³/mol. The Kier molecular flexibility index (Phi) is 8.42. The quantitative estimate of drug-likeness (QED) is 0.419. The zero-order valence-corrected chi connectivity index (χ0v) is 14.3. The second-order valence-corrected chi connectivity index (χ2v) is 7.23. The molecule has 6 heteroatoms. The third kappa shape index (κ3) is 7.91. The summed E-state index contributed by atoms with van der Waals surface area (Å²) >= 11 is 17.8. The van der Waals surface area contributed by atoms with Crippen LogP contribution in [0.15, 0.2) is 30.3 Å². The minimum atomic E-state index is -1.60. The van der Waals surface area contributed by atoms with Gasteiger partial charge in [-0.1, -0.05) is 84.9 Å². The monoisotopic (exact) mass is 350 g/mol. The van der Waals surface area contributed by atoms with Gasteiger partial charge in [-0.2, -0.15) is 0 Å². The van der Waals surface area contributed by atoms with Crippen LogP contribution in [-0.2, 0) is 11.3 Å². The first-order valence-electron chi connectivity index (χ1n) is 7.07. The standard InChI is InChI=1S/C15H21Cl3N2O/c1-2-3-5-10-13(21)20-14(15(16,17)18)19-11-12-8-6-4-7-9-12/h4,6-9,14,19H,2-3,5,10-11H2,1H3,(H,20,21)/t14-/m1/s1. The highest BCUT2D eigenvalue weighted by atomic mass is 35.6. The van der Waals surface area contributed by atoms with E-state index in [1.165, 1.54) is 0 Å². The van der Waals surface area contributed by atoms with E-state index in [4.69, 9.17) is 34.8 Å². The van der Waals surface area contributed by atoms with Gasteiger partial charge in [0.05, 0.1) is 0 Å². The lowest BCUT2D eigenvalue weighted by atomic mass is 10.2. The lowest BCUT2D eigenvalue weighted by molar-refractivity contribution is -0.122. The Labute approximate surface area is 141 Å². The fourth-order valence-electron chi connectivity index (χ4n) is 1.83. The van der Waals surface area contributed by atoms with Crippen LogP contribution in [0, 0.1) is 0 Å². The van der Waals surface area contributed by atoms with Crippen LogP contribution in [0.4, 0.5) is 0 Å². The van der Waals surface area contributed by atoms with E-state index in [9.17, 15) is 4.79 Å². The molecule has 1 aromatic carbocycles. The number of amides is 1. The molecule has 3 nitrogen and oxygen atoms in total. The van der Waals surface area contributed by atoms with Gasteiger partial charge in [0.25, 0.3) is 0 Å². The average Bonchev–Trinajstić information content (AvgIpc) is 2.43.